The van der Waals surface area contributed by atoms with Crippen LogP contribution in [0.3, 0.4) is 0 Å². The first-order valence-corrected chi connectivity index (χ1v) is 7.71. The largest absolute Gasteiger partial charge is 0.495 e. The molecule has 1 heterocycles. The number of halogens is 1. The normalized spacial score (nSPS) is 10.5. The number of hydrogen-bond donors (Lipinski definition) is 1. The topological polar surface area (TPSA) is 56.1 Å². The van der Waals surface area contributed by atoms with Crippen molar-refractivity contribution in [2.24, 2.45) is 0 Å². The van der Waals surface area contributed by atoms with E-state index < -0.39 is 0 Å². The average molecular weight is 399 g/mol. The summed E-state index contributed by atoms with van der Waals surface area (Å²) < 4.78 is 8.20. The molecule has 0 aliphatic heterocycles. The Balaban J connectivity index is 1.99. The lowest BCUT2D eigenvalue weighted by Gasteiger charge is -2.11. The van der Waals surface area contributed by atoms with Crippen LogP contribution in [0.25, 0.3) is 0 Å². The molecule has 21 heavy (non-hydrogen) atoms. The summed E-state index contributed by atoms with van der Waals surface area (Å²) in [6, 6.07) is 5.70. The van der Waals surface area contributed by atoms with Crippen molar-refractivity contribution >= 4 is 34.2 Å². The van der Waals surface area contributed by atoms with Gasteiger partial charge in [-0.3, -0.25) is 9.48 Å². The Morgan fingerprint density at radius 3 is 2.81 bits per heavy atom. The van der Waals surface area contributed by atoms with Gasteiger partial charge in [0.1, 0.15) is 5.75 Å². The van der Waals surface area contributed by atoms with Crippen LogP contribution in [0.2, 0.25) is 0 Å². The maximum atomic E-state index is 12.1. The van der Waals surface area contributed by atoms with Crippen LogP contribution in [-0.2, 0) is 11.3 Å². The monoisotopic (exact) mass is 399 g/mol. The van der Waals surface area contributed by atoms with Gasteiger partial charge in [0, 0.05) is 12.1 Å². The van der Waals surface area contributed by atoms with Crippen LogP contribution in [0.4, 0.5) is 5.69 Å². The van der Waals surface area contributed by atoms with Gasteiger partial charge in [-0.1, -0.05) is 6.07 Å². The Kier molecular flexibility index (Phi) is 5.22. The van der Waals surface area contributed by atoms with E-state index in [9.17, 15) is 4.79 Å². The zero-order valence-corrected chi connectivity index (χ0v) is 14.5. The second-order valence-electron chi connectivity index (χ2n) is 4.80. The maximum absolute atomic E-state index is 12.1. The fourth-order valence-electron chi connectivity index (χ4n) is 1.99. The van der Waals surface area contributed by atoms with Crippen molar-refractivity contribution in [2.75, 3.05) is 12.4 Å². The van der Waals surface area contributed by atoms with Crippen LogP contribution in [0.1, 0.15) is 17.7 Å². The number of rotatable bonds is 5. The second kappa shape index (κ2) is 6.93. The van der Waals surface area contributed by atoms with Gasteiger partial charge in [-0.05, 0) is 54.1 Å². The lowest BCUT2D eigenvalue weighted by molar-refractivity contribution is -0.116. The number of aryl methyl sites for hydroxylation is 2. The molecule has 0 spiro atoms. The van der Waals surface area contributed by atoms with Gasteiger partial charge in [0.15, 0.2) is 0 Å². The predicted octanol–water partition coefficient (Wildman–Crippen LogP) is 3.14. The Morgan fingerprint density at radius 2 is 2.19 bits per heavy atom. The number of benzene rings is 1. The second-order valence-corrected chi connectivity index (χ2v) is 5.97. The molecule has 1 amide bonds. The summed E-state index contributed by atoms with van der Waals surface area (Å²) in [6.45, 7) is 4.54. The smallest absolute Gasteiger partial charge is 0.226 e. The number of carbonyl (C=O) groups excluding carboxylic acids is 1. The molecule has 2 rings (SSSR count). The van der Waals surface area contributed by atoms with E-state index in [1.807, 2.05) is 36.7 Å². The van der Waals surface area contributed by atoms with Gasteiger partial charge in [0.05, 0.1) is 29.1 Å². The molecule has 0 saturated carbocycles. The van der Waals surface area contributed by atoms with E-state index in [4.69, 9.17) is 4.74 Å². The Bertz CT molecular complexity index is 652. The Labute approximate surface area is 137 Å². The lowest BCUT2D eigenvalue weighted by atomic mass is 10.2. The fraction of sp³-hybridized carbons (Fsp3) is 0.333. The molecule has 1 aromatic carbocycles. The number of hydrogen-bond acceptors (Lipinski definition) is 3. The third-order valence-corrected chi connectivity index (χ3v) is 4.28. The Morgan fingerprint density at radius 1 is 1.43 bits per heavy atom. The van der Waals surface area contributed by atoms with Crippen molar-refractivity contribution in [2.45, 2.75) is 26.8 Å². The summed E-state index contributed by atoms with van der Waals surface area (Å²) in [5, 5.41) is 7.14. The summed E-state index contributed by atoms with van der Waals surface area (Å²) >= 11 is 2.23. The van der Waals surface area contributed by atoms with Crippen LogP contribution in [0.15, 0.2) is 24.4 Å². The number of anilines is 1. The molecule has 2 aromatic rings. The number of nitrogens with one attached hydrogen (secondary N) is 1. The third-order valence-electron chi connectivity index (χ3n) is 3.22. The van der Waals surface area contributed by atoms with Crippen LogP contribution < -0.4 is 10.1 Å². The summed E-state index contributed by atoms with van der Waals surface area (Å²) in [6.07, 6.45) is 2.17. The van der Waals surface area contributed by atoms with E-state index in [0.717, 1.165) is 14.8 Å². The first-order chi connectivity index (χ1) is 10.0. The van der Waals surface area contributed by atoms with Crippen molar-refractivity contribution in [1.82, 2.24) is 9.78 Å². The van der Waals surface area contributed by atoms with Crippen molar-refractivity contribution in [3.63, 3.8) is 0 Å². The van der Waals surface area contributed by atoms with Gasteiger partial charge in [-0.25, -0.2) is 0 Å². The highest BCUT2D eigenvalue weighted by molar-refractivity contribution is 14.1. The van der Waals surface area contributed by atoms with Gasteiger partial charge >= 0.3 is 0 Å². The number of methoxy groups -OCH3 is 1. The zero-order valence-electron chi connectivity index (χ0n) is 12.3. The number of nitrogens with zero attached hydrogens (tertiary/aromatic N) is 2. The standard InChI is InChI=1S/C15H18IN3O2/c1-10-4-5-14(21-3)13(8-10)18-15(20)6-7-19-11(2)12(16)9-17-19/h4-5,8-9H,6-7H2,1-3H3,(H,18,20). The molecule has 0 aliphatic rings. The molecule has 0 radical (unpaired) electrons. The molecule has 112 valence electrons. The quantitative estimate of drug-likeness (QED) is 0.787. The highest BCUT2D eigenvalue weighted by Gasteiger charge is 2.10. The highest BCUT2D eigenvalue weighted by atomic mass is 127. The van der Waals surface area contributed by atoms with Crippen molar-refractivity contribution in [3.05, 3.63) is 39.2 Å². The maximum Gasteiger partial charge on any atom is 0.226 e. The molecule has 0 bridgehead atoms. The zero-order chi connectivity index (χ0) is 15.4. The summed E-state index contributed by atoms with van der Waals surface area (Å²) in [5.74, 6) is 0.613. The first-order valence-electron chi connectivity index (χ1n) is 6.63. The van der Waals surface area contributed by atoms with Gasteiger partial charge < -0.3 is 10.1 Å². The van der Waals surface area contributed by atoms with Crippen LogP contribution in [0.5, 0.6) is 5.75 Å². The van der Waals surface area contributed by atoms with Gasteiger partial charge in [-0.2, -0.15) is 5.10 Å². The fourth-order valence-corrected chi connectivity index (χ4v) is 2.39. The van der Waals surface area contributed by atoms with Crippen LogP contribution >= 0.6 is 22.6 Å². The van der Waals surface area contributed by atoms with E-state index in [1.54, 1.807) is 13.3 Å². The molecule has 0 fully saturated rings. The lowest BCUT2D eigenvalue weighted by Crippen LogP contribution is -2.16. The molecule has 1 aromatic heterocycles. The van der Waals surface area contributed by atoms with Gasteiger partial charge in [-0.15, -0.1) is 0 Å². The highest BCUT2D eigenvalue weighted by Crippen LogP contribution is 2.25. The SMILES string of the molecule is COc1ccc(C)cc1NC(=O)CCn1ncc(I)c1C. The van der Waals surface area contributed by atoms with Crippen molar-refractivity contribution in [3.8, 4) is 5.75 Å². The number of amides is 1. The summed E-state index contributed by atoms with van der Waals surface area (Å²) in [5.41, 5.74) is 2.86. The third kappa shape index (κ3) is 3.96. The molecule has 5 nitrogen and oxygen atoms in total. The number of ether oxygens (including phenoxy) is 1. The van der Waals surface area contributed by atoms with E-state index >= 15 is 0 Å². The van der Waals surface area contributed by atoms with Gasteiger partial charge in [0.2, 0.25) is 5.91 Å². The average Bonchev–Trinajstić information content (AvgIpc) is 2.77. The van der Waals surface area contributed by atoms with E-state index in [2.05, 4.69) is 33.0 Å². The molecular weight excluding hydrogens is 381 g/mol. The number of carbonyl (C=O) groups is 1. The minimum absolute atomic E-state index is 0.0520. The van der Waals surface area contributed by atoms with Gasteiger partial charge in [0.25, 0.3) is 0 Å². The first kappa shape index (κ1) is 15.8. The molecule has 0 unspecified atom stereocenters. The Hall–Kier alpha value is -1.57. The van der Waals surface area contributed by atoms with E-state index in [-0.39, 0.29) is 5.91 Å². The van der Waals surface area contributed by atoms with E-state index in [1.165, 1.54) is 0 Å². The summed E-state index contributed by atoms with van der Waals surface area (Å²) in [7, 11) is 1.59. The molecular formula is C15H18IN3O2. The van der Waals surface area contributed by atoms with Crippen molar-refractivity contribution in [1.29, 1.82) is 0 Å². The number of aromatic nitrogens is 2. The molecule has 0 saturated heterocycles. The van der Waals surface area contributed by atoms with Crippen LogP contribution in [0, 0.1) is 17.4 Å². The molecule has 0 atom stereocenters. The molecule has 6 heteroatoms. The van der Waals surface area contributed by atoms with Crippen molar-refractivity contribution < 1.29 is 9.53 Å². The molecule has 0 aliphatic carbocycles. The molecule has 1 N–H and O–H groups in total. The summed E-state index contributed by atoms with van der Waals surface area (Å²) in [4.78, 5) is 12.1. The predicted molar refractivity (Wildman–Crippen MR) is 90.7 cm³/mol. The minimum atomic E-state index is -0.0520. The van der Waals surface area contributed by atoms with Crippen LogP contribution in [-0.4, -0.2) is 22.8 Å². The minimum Gasteiger partial charge on any atom is -0.495 e. The van der Waals surface area contributed by atoms with E-state index in [0.29, 0.717) is 24.4 Å².